The fourth-order valence-electron chi connectivity index (χ4n) is 4.82. The summed E-state index contributed by atoms with van der Waals surface area (Å²) in [4.78, 5) is 26.2. The van der Waals surface area contributed by atoms with E-state index in [9.17, 15) is 9.59 Å². The van der Waals surface area contributed by atoms with Gasteiger partial charge in [0, 0.05) is 34.3 Å². The molecule has 0 bridgehead atoms. The number of dihydropyridines is 1. The van der Waals surface area contributed by atoms with E-state index in [0.29, 0.717) is 17.0 Å². The van der Waals surface area contributed by atoms with Gasteiger partial charge in [0.25, 0.3) is 0 Å². The van der Waals surface area contributed by atoms with Crippen LogP contribution in [-0.4, -0.2) is 17.9 Å². The zero-order valence-corrected chi connectivity index (χ0v) is 17.7. The number of ether oxygens (including phenoxy) is 1. The molecule has 0 amide bonds. The molecule has 4 nitrogen and oxygen atoms in total. The lowest BCUT2D eigenvalue weighted by Gasteiger charge is -2.34. The highest BCUT2D eigenvalue weighted by Crippen LogP contribution is 2.43. The van der Waals surface area contributed by atoms with Crippen molar-refractivity contribution in [1.29, 1.82) is 0 Å². The Morgan fingerprint density at radius 2 is 1.72 bits per heavy atom. The number of allylic oxidation sites excluding steroid dienone is 3. The maximum atomic E-state index is 13.3. The number of hydrogen-bond donors (Lipinski definition) is 1. The zero-order valence-electron chi connectivity index (χ0n) is 16.9. The van der Waals surface area contributed by atoms with Gasteiger partial charge in [-0.15, -0.1) is 0 Å². The average molecular weight is 414 g/mol. The van der Waals surface area contributed by atoms with Crippen LogP contribution in [0.25, 0.3) is 0 Å². The molecule has 29 heavy (non-hydrogen) atoms. The molecule has 5 heteroatoms. The first-order valence-electron chi connectivity index (χ1n) is 10.7. The fraction of sp³-hybridized carbons (Fsp3) is 0.500. The molecule has 1 unspecified atom stereocenters. The van der Waals surface area contributed by atoms with Crippen LogP contribution in [0.3, 0.4) is 0 Å². The molecule has 1 aliphatic heterocycles. The van der Waals surface area contributed by atoms with Gasteiger partial charge < -0.3 is 10.1 Å². The topological polar surface area (TPSA) is 55.4 Å². The zero-order chi connectivity index (χ0) is 20.4. The van der Waals surface area contributed by atoms with Gasteiger partial charge in [-0.3, -0.25) is 4.79 Å². The average Bonchev–Trinajstić information content (AvgIpc) is 2.96. The second-order valence-corrected chi connectivity index (χ2v) is 8.77. The Balaban J connectivity index is 1.70. The number of nitrogens with one attached hydrogen (secondary N) is 1. The molecule has 2 aliphatic carbocycles. The second-order valence-electron chi connectivity index (χ2n) is 8.34. The summed E-state index contributed by atoms with van der Waals surface area (Å²) >= 11 is 6.09. The van der Waals surface area contributed by atoms with Crippen molar-refractivity contribution in [3.8, 4) is 0 Å². The molecule has 1 N–H and O–H groups in total. The summed E-state index contributed by atoms with van der Waals surface area (Å²) in [5, 5.41) is 3.99. The van der Waals surface area contributed by atoms with E-state index in [2.05, 4.69) is 5.32 Å². The van der Waals surface area contributed by atoms with E-state index < -0.39 is 5.92 Å². The summed E-state index contributed by atoms with van der Waals surface area (Å²) in [6.07, 6.45) is 8.60. The van der Waals surface area contributed by atoms with E-state index >= 15 is 0 Å². The summed E-state index contributed by atoms with van der Waals surface area (Å²) < 4.78 is 5.97. The smallest absolute Gasteiger partial charge is 0.337 e. The van der Waals surface area contributed by atoms with Gasteiger partial charge in [-0.05, 0) is 63.1 Å². The monoisotopic (exact) mass is 413 g/mol. The molecule has 1 atom stereocenters. The first kappa shape index (κ1) is 20.2. The van der Waals surface area contributed by atoms with Crippen molar-refractivity contribution in [1.82, 2.24) is 5.32 Å². The molecule has 0 aromatic heterocycles. The Bertz CT molecular complexity index is 861. The highest BCUT2D eigenvalue weighted by atomic mass is 35.5. The van der Waals surface area contributed by atoms with Crippen LogP contribution in [0.2, 0.25) is 5.02 Å². The van der Waals surface area contributed by atoms with Crippen LogP contribution in [-0.2, 0) is 14.3 Å². The highest BCUT2D eigenvalue weighted by Gasteiger charge is 2.39. The molecular formula is C24H28ClNO3. The van der Waals surface area contributed by atoms with Crippen LogP contribution in [0.1, 0.15) is 76.2 Å². The number of ketones is 1. The third kappa shape index (κ3) is 4.28. The molecule has 154 valence electrons. The van der Waals surface area contributed by atoms with Gasteiger partial charge in [-0.25, -0.2) is 4.79 Å². The molecule has 1 aromatic carbocycles. The molecule has 1 saturated carbocycles. The number of rotatable bonds is 3. The summed E-state index contributed by atoms with van der Waals surface area (Å²) in [5.41, 5.74) is 3.93. The van der Waals surface area contributed by atoms with Gasteiger partial charge in [0.15, 0.2) is 5.78 Å². The highest BCUT2D eigenvalue weighted by molar-refractivity contribution is 6.30. The summed E-state index contributed by atoms with van der Waals surface area (Å²) in [6, 6.07) is 7.46. The third-order valence-corrected chi connectivity index (χ3v) is 6.53. The van der Waals surface area contributed by atoms with Gasteiger partial charge >= 0.3 is 5.97 Å². The number of carbonyl (C=O) groups is 2. The van der Waals surface area contributed by atoms with E-state index in [1.54, 1.807) is 0 Å². The summed E-state index contributed by atoms with van der Waals surface area (Å²) in [6.45, 7) is 1.91. The van der Waals surface area contributed by atoms with Gasteiger partial charge in [0.2, 0.25) is 0 Å². The van der Waals surface area contributed by atoms with Crippen LogP contribution in [0.15, 0.2) is 46.8 Å². The summed E-state index contributed by atoms with van der Waals surface area (Å²) in [5.74, 6) is -0.577. The number of benzene rings is 1. The Morgan fingerprint density at radius 3 is 2.41 bits per heavy atom. The van der Waals surface area contributed by atoms with E-state index in [1.807, 2.05) is 31.2 Å². The minimum Gasteiger partial charge on any atom is -0.459 e. The number of carbonyl (C=O) groups excluding carboxylic acids is 2. The molecule has 1 heterocycles. The van der Waals surface area contributed by atoms with Crippen LogP contribution in [0, 0.1) is 0 Å². The molecule has 4 rings (SSSR count). The number of Topliss-reactive ketones (excluding diaryl/α,β-unsaturated/α-hetero) is 1. The van der Waals surface area contributed by atoms with Crippen molar-refractivity contribution in [2.45, 2.75) is 76.7 Å². The van der Waals surface area contributed by atoms with E-state index in [0.717, 1.165) is 61.1 Å². The lowest BCUT2D eigenvalue weighted by Crippen LogP contribution is -2.35. The quantitative estimate of drug-likeness (QED) is 0.519. The normalized spacial score (nSPS) is 23.4. The minimum atomic E-state index is -0.394. The Kier molecular flexibility index (Phi) is 6.09. The van der Waals surface area contributed by atoms with Crippen molar-refractivity contribution in [2.75, 3.05) is 0 Å². The van der Waals surface area contributed by atoms with Crippen molar-refractivity contribution >= 4 is 23.4 Å². The largest absolute Gasteiger partial charge is 0.459 e. The predicted molar refractivity (Wildman–Crippen MR) is 113 cm³/mol. The van der Waals surface area contributed by atoms with E-state index in [-0.39, 0.29) is 17.9 Å². The maximum Gasteiger partial charge on any atom is 0.337 e. The van der Waals surface area contributed by atoms with Crippen molar-refractivity contribution < 1.29 is 14.3 Å². The van der Waals surface area contributed by atoms with E-state index in [4.69, 9.17) is 16.3 Å². The van der Waals surface area contributed by atoms with Gasteiger partial charge in [0.05, 0.1) is 5.57 Å². The number of hydrogen-bond acceptors (Lipinski definition) is 4. The van der Waals surface area contributed by atoms with Gasteiger partial charge in [-0.1, -0.05) is 36.6 Å². The van der Waals surface area contributed by atoms with Crippen molar-refractivity contribution in [3.05, 3.63) is 57.4 Å². The van der Waals surface area contributed by atoms with Crippen LogP contribution >= 0.6 is 11.6 Å². The van der Waals surface area contributed by atoms with Crippen LogP contribution in [0.5, 0.6) is 0 Å². The Hall–Kier alpha value is -2.07. The number of esters is 1. The standard InChI is InChI=1S/C24H28ClNO3/c1-15-21(24(28)29-18-7-4-2-3-5-8-18)22(16-11-13-17(25)14-12-16)23-19(26-15)9-6-10-20(23)27/h11-14,18,22,26H,2-10H2,1H3. The maximum absolute atomic E-state index is 13.3. The summed E-state index contributed by atoms with van der Waals surface area (Å²) in [7, 11) is 0. The number of halogens is 1. The molecule has 0 radical (unpaired) electrons. The van der Waals surface area contributed by atoms with Gasteiger partial charge in [-0.2, -0.15) is 0 Å². The SMILES string of the molecule is CC1=C(C(=O)OC2CCCCCC2)C(c2ccc(Cl)cc2)C2=C(CCCC2=O)N1. The lowest BCUT2D eigenvalue weighted by molar-refractivity contribution is -0.145. The molecule has 3 aliphatic rings. The fourth-order valence-corrected chi connectivity index (χ4v) is 4.94. The molecular weight excluding hydrogens is 386 g/mol. The first-order chi connectivity index (χ1) is 14.0. The second kappa shape index (κ2) is 8.74. The third-order valence-electron chi connectivity index (χ3n) is 6.28. The molecule has 0 spiro atoms. The molecule has 0 saturated heterocycles. The lowest BCUT2D eigenvalue weighted by atomic mass is 9.75. The molecule has 1 aromatic rings. The van der Waals surface area contributed by atoms with Gasteiger partial charge in [0.1, 0.15) is 6.10 Å². The van der Waals surface area contributed by atoms with E-state index in [1.165, 1.54) is 12.8 Å². The van der Waals surface area contributed by atoms with Crippen molar-refractivity contribution in [3.63, 3.8) is 0 Å². The predicted octanol–water partition coefficient (Wildman–Crippen LogP) is 5.57. The Labute approximate surface area is 177 Å². The van der Waals surface area contributed by atoms with Crippen LogP contribution in [0.4, 0.5) is 0 Å². The molecule has 1 fully saturated rings. The Morgan fingerprint density at radius 1 is 1.03 bits per heavy atom. The minimum absolute atomic E-state index is 0.0337. The van der Waals surface area contributed by atoms with Crippen molar-refractivity contribution in [2.24, 2.45) is 0 Å². The van der Waals surface area contributed by atoms with Crippen LogP contribution < -0.4 is 5.32 Å². The first-order valence-corrected chi connectivity index (χ1v) is 11.1.